The molecular weight excluding hydrogens is 302 g/mol. The Morgan fingerprint density at radius 3 is 2.58 bits per heavy atom. The van der Waals surface area contributed by atoms with E-state index in [1.165, 1.54) is 11.1 Å². The van der Waals surface area contributed by atoms with Crippen molar-refractivity contribution in [1.82, 2.24) is 4.98 Å². The molecule has 0 N–H and O–H groups in total. The molecule has 0 aliphatic heterocycles. The van der Waals surface area contributed by atoms with Crippen LogP contribution in [0, 0.1) is 6.92 Å². The summed E-state index contributed by atoms with van der Waals surface area (Å²) in [6, 6.07) is 12.4. The zero-order chi connectivity index (χ0) is 13.4. The lowest BCUT2D eigenvalue weighted by Crippen LogP contribution is -1.81. The first-order valence-electron chi connectivity index (χ1n) is 6.33. The minimum atomic E-state index is 0.670. The molecule has 0 aliphatic rings. The molecule has 0 fully saturated rings. The topological polar surface area (TPSA) is 26.0 Å². The van der Waals surface area contributed by atoms with E-state index in [0.717, 1.165) is 27.6 Å². The molecule has 0 unspecified atom stereocenters. The summed E-state index contributed by atoms with van der Waals surface area (Å²) in [5, 5.41) is 0. The molecule has 0 bridgehead atoms. The maximum absolute atomic E-state index is 5.86. The molecule has 3 rings (SSSR count). The van der Waals surface area contributed by atoms with E-state index in [4.69, 9.17) is 4.42 Å². The second kappa shape index (κ2) is 4.82. The molecule has 0 amide bonds. The summed E-state index contributed by atoms with van der Waals surface area (Å²) in [6.07, 6.45) is 1.04. The zero-order valence-corrected chi connectivity index (χ0v) is 12.5. The van der Waals surface area contributed by atoms with Crippen LogP contribution in [0.2, 0.25) is 0 Å². The Bertz CT molecular complexity index is 728. The van der Waals surface area contributed by atoms with Gasteiger partial charge in [-0.15, -0.1) is 0 Å². The van der Waals surface area contributed by atoms with Crippen LogP contribution in [0.15, 0.2) is 45.3 Å². The molecule has 3 heteroatoms. The number of nitrogens with zero attached hydrogens (tertiary/aromatic N) is 1. The molecule has 96 valence electrons. The van der Waals surface area contributed by atoms with Crippen molar-refractivity contribution in [2.45, 2.75) is 20.3 Å². The molecule has 19 heavy (non-hydrogen) atoms. The fourth-order valence-electron chi connectivity index (χ4n) is 2.13. The summed E-state index contributed by atoms with van der Waals surface area (Å²) in [4.78, 5) is 4.56. The van der Waals surface area contributed by atoms with Gasteiger partial charge in [0.1, 0.15) is 5.52 Å². The zero-order valence-electron chi connectivity index (χ0n) is 10.9. The predicted molar refractivity (Wildman–Crippen MR) is 81.3 cm³/mol. The minimum Gasteiger partial charge on any atom is -0.435 e. The first-order chi connectivity index (χ1) is 9.17. The van der Waals surface area contributed by atoms with Crippen LogP contribution in [0.25, 0.3) is 22.6 Å². The van der Waals surface area contributed by atoms with Gasteiger partial charge < -0.3 is 4.42 Å². The van der Waals surface area contributed by atoms with Crippen molar-refractivity contribution in [2.24, 2.45) is 0 Å². The van der Waals surface area contributed by atoms with Gasteiger partial charge in [0.25, 0.3) is 0 Å². The smallest absolute Gasteiger partial charge is 0.227 e. The van der Waals surface area contributed by atoms with Gasteiger partial charge in [0, 0.05) is 5.56 Å². The van der Waals surface area contributed by atoms with Crippen molar-refractivity contribution in [2.75, 3.05) is 0 Å². The molecule has 3 aromatic rings. The molecule has 0 aliphatic carbocycles. The average molecular weight is 316 g/mol. The number of aromatic nitrogens is 1. The quantitative estimate of drug-likeness (QED) is 0.655. The summed E-state index contributed by atoms with van der Waals surface area (Å²) >= 11 is 3.52. The molecule has 0 atom stereocenters. The number of aryl methyl sites for hydroxylation is 2. The number of rotatable bonds is 2. The minimum absolute atomic E-state index is 0.670. The fourth-order valence-corrected chi connectivity index (χ4v) is 2.78. The second-order valence-corrected chi connectivity index (χ2v) is 5.52. The van der Waals surface area contributed by atoms with Gasteiger partial charge in [-0.2, -0.15) is 0 Å². The van der Waals surface area contributed by atoms with Gasteiger partial charge in [0.2, 0.25) is 5.89 Å². The monoisotopic (exact) mass is 315 g/mol. The Kier molecular flexibility index (Phi) is 3.15. The molecule has 0 radical (unpaired) electrons. The Balaban J connectivity index is 2.12. The van der Waals surface area contributed by atoms with Gasteiger partial charge >= 0.3 is 0 Å². The first-order valence-corrected chi connectivity index (χ1v) is 7.12. The van der Waals surface area contributed by atoms with E-state index in [9.17, 15) is 0 Å². The predicted octanol–water partition coefficient (Wildman–Crippen LogP) is 5.13. The molecule has 2 nitrogen and oxygen atoms in total. The van der Waals surface area contributed by atoms with Gasteiger partial charge in [-0.05, 0) is 64.7 Å². The molecule has 0 saturated heterocycles. The number of fused-ring (bicyclic) bond motifs is 1. The Morgan fingerprint density at radius 2 is 1.89 bits per heavy atom. The summed E-state index contributed by atoms with van der Waals surface area (Å²) in [5.74, 6) is 0.670. The second-order valence-electron chi connectivity index (χ2n) is 4.66. The SMILES string of the molecule is CCc1ccc(-c2nc3cc(C)cc(Br)c3o2)cc1. The van der Waals surface area contributed by atoms with Gasteiger partial charge in [0.15, 0.2) is 5.58 Å². The van der Waals surface area contributed by atoms with E-state index >= 15 is 0 Å². The van der Waals surface area contributed by atoms with Gasteiger partial charge in [-0.25, -0.2) is 4.98 Å². The lowest BCUT2D eigenvalue weighted by Gasteiger charge is -1.97. The fraction of sp³-hybridized carbons (Fsp3) is 0.188. The van der Waals surface area contributed by atoms with Crippen LogP contribution in [-0.4, -0.2) is 4.98 Å². The van der Waals surface area contributed by atoms with E-state index in [0.29, 0.717) is 5.89 Å². The Hall–Kier alpha value is -1.61. The van der Waals surface area contributed by atoms with Crippen molar-refractivity contribution in [1.29, 1.82) is 0 Å². The van der Waals surface area contributed by atoms with Gasteiger partial charge in [0.05, 0.1) is 4.47 Å². The molecule has 1 heterocycles. The third kappa shape index (κ3) is 2.30. The summed E-state index contributed by atoms with van der Waals surface area (Å²) < 4.78 is 6.81. The van der Waals surface area contributed by atoms with E-state index in [1.807, 2.05) is 12.1 Å². The van der Waals surface area contributed by atoms with E-state index in [-0.39, 0.29) is 0 Å². The third-order valence-corrected chi connectivity index (χ3v) is 3.79. The van der Waals surface area contributed by atoms with Crippen molar-refractivity contribution in [3.63, 3.8) is 0 Å². The molecule has 2 aromatic carbocycles. The van der Waals surface area contributed by atoms with Crippen LogP contribution in [-0.2, 0) is 6.42 Å². The average Bonchev–Trinajstić information content (AvgIpc) is 2.83. The largest absolute Gasteiger partial charge is 0.435 e. The first kappa shape index (κ1) is 12.4. The number of hydrogen-bond donors (Lipinski definition) is 0. The van der Waals surface area contributed by atoms with Crippen LogP contribution >= 0.6 is 15.9 Å². The Morgan fingerprint density at radius 1 is 1.16 bits per heavy atom. The number of oxazole rings is 1. The number of benzene rings is 2. The highest BCUT2D eigenvalue weighted by molar-refractivity contribution is 9.10. The van der Waals surface area contributed by atoms with Crippen molar-refractivity contribution >= 4 is 27.0 Å². The van der Waals surface area contributed by atoms with Crippen molar-refractivity contribution < 1.29 is 4.42 Å². The van der Waals surface area contributed by atoms with E-state index < -0.39 is 0 Å². The van der Waals surface area contributed by atoms with E-state index in [2.05, 4.69) is 59.0 Å². The summed E-state index contributed by atoms with van der Waals surface area (Å²) in [7, 11) is 0. The summed E-state index contributed by atoms with van der Waals surface area (Å²) in [5.41, 5.74) is 5.19. The van der Waals surface area contributed by atoms with Crippen LogP contribution in [0.3, 0.4) is 0 Å². The maximum atomic E-state index is 5.86. The van der Waals surface area contributed by atoms with Crippen molar-refractivity contribution in [3.8, 4) is 11.5 Å². The normalized spacial score (nSPS) is 11.1. The highest BCUT2D eigenvalue weighted by Gasteiger charge is 2.11. The highest BCUT2D eigenvalue weighted by Crippen LogP contribution is 2.30. The van der Waals surface area contributed by atoms with Crippen LogP contribution < -0.4 is 0 Å². The molecular formula is C16H14BrNO. The molecule has 0 saturated carbocycles. The molecule has 1 aromatic heterocycles. The van der Waals surface area contributed by atoms with Crippen LogP contribution in [0.5, 0.6) is 0 Å². The third-order valence-electron chi connectivity index (χ3n) is 3.20. The highest BCUT2D eigenvalue weighted by atomic mass is 79.9. The van der Waals surface area contributed by atoms with Gasteiger partial charge in [-0.1, -0.05) is 19.1 Å². The standard InChI is InChI=1S/C16H14BrNO/c1-3-11-4-6-12(7-5-11)16-18-14-9-10(2)8-13(17)15(14)19-16/h4-9H,3H2,1-2H3. The summed E-state index contributed by atoms with van der Waals surface area (Å²) in [6.45, 7) is 4.20. The number of hydrogen-bond acceptors (Lipinski definition) is 2. The lowest BCUT2D eigenvalue weighted by atomic mass is 10.1. The lowest BCUT2D eigenvalue weighted by molar-refractivity contribution is 0.618. The molecule has 0 spiro atoms. The van der Waals surface area contributed by atoms with E-state index in [1.54, 1.807) is 0 Å². The Labute approximate surface area is 120 Å². The number of halogens is 1. The van der Waals surface area contributed by atoms with Gasteiger partial charge in [-0.3, -0.25) is 0 Å². The van der Waals surface area contributed by atoms with Crippen molar-refractivity contribution in [3.05, 3.63) is 52.0 Å². The van der Waals surface area contributed by atoms with Crippen LogP contribution in [0.4, 0.5) is 0 Å². The van der Waals surface area contributed by atoms with Crippen LogP contribution in [0.1, 0.15) is 18.1 Å². The maximum Gasteiger partial charge on any atom is 0.227 e.